The maximum Gasteiger partial charge on any atom is 0.513 e. The number of carbonyl (C=O) groups excluding carboxylic acids is 3. The number of pyridine rings is 3. The zero-order chi connectivity index (χ0) is 69.7. The first-order valence-electron chi connectivity index (χ1n) is 27.3. The number of aliphatic hydroxyl groups is 3. The first kappa shape index (κ1) is 74.3. The molecule has 0 bridgehead atoms. The molecule has 4 saturated heterocycles. The minimum atomic E-state index is -5.45. The Hall–Kier alpha value is -6.51. The smallest absolute Gasteiger partial charge is 0.437 e. The molecular weight excluding hydrogens is 1400 g/mol. The third-order valence-corrected chi connectivity index (χ3v) is 27.9. The van der Waals surface area contributed by atoms with Crippen molar-refractivity contribution in [2.75, 3.05) is 34.3 Å². The van der Waals surface area contributed by atoms with Crippen LogP contribution in [0.25, 0.3) is 0 Å². The van der Waals surface area contributed by atoms with Crippen molar-refractivity contribution in [1.82, 2.24) is 24.8 Å². The topological polar surface area (TPSA) is 473 Å². The third-order valence-electron chi connectivity index (χ3n) is 14.1. The molecule has 0 spiro atoms. The average Bonchev–Trinajstić information content (AvgIpc) is 0.740. The molecule has 4 fully saturated rings. The van der Waals surface area contributed by atoms with E-state index in [-0.39, 0.29) is 33.6 Å². The van der Waals surface area contributed by atoms with E-state index >= 15 is 0 Å². The van der Waals surface area contributed by atoms with Crippen LogP contribution in [0.1, 0.15) is 71.5 Å². The molecule has 2 amide bonds. The summed E-state index contributed by atoms with van der Waals surface area (Å²) < 4.78 is 169. The highest BCUT2D eigenvalue weighted by Crippen LogP contribution is 2.81. The highest BCUT2D eigenvalue weighted by atomic mass is 31.3. The van der Waals surface area contributed by atoms with Crippen LogP contribution in [0.4, 0.5) is 27.6 Å². The summed E-state index contributed by atoms with van der Waals surface area (Å²) in [5.74, 6) is -5.07. The second kappa shape index (κ2) is 29.3. The molecule has 0 radical (unpaired) electrons. The van der Waals surface area contributed by atoms with Crippen LogP contribution in [0.3, 0.4) is 0 Å². The molecule has 4 aliphatic heterocycles. The van der Waals surface area contributed by atoms with Crippen molar-refractivity contribution in [1.29, 1.82) is 0 Å². The Labute approximate surface area is 535 Å². The highest BCUT2D eigenvalue weighted by molar-refractivity contribution is 7.74. The molecule has 10 rings (SSSR count). The van der Waals surface area contributed by atoms with Crippen LogP contribution < -0.4 is 14.2 Å². The molecule has 6 atom stereocenters. The maximum atomic E-state index is 14.8. The summed E-state index contributed by atoms with van der Waals surface area (Å²) in [5.41, 5.74) is -1.02. The molecule has 3 aromatic heterocycles. The van der Waals surface area contributed by atoms with E-state index in [1.54, 1.807) is 0 Å². The number of aromatic nitrogens is 3. The van der Waals surface area contributed by atoms with Gasteiger partial charge in [-0.25, -0.2) is 27.6 Å². The van der Waals surface area contributed by atoms with E-state index in [1.807, 2.05) is 0 Å². The van der Waals surface area contributed by atoms with Crippen LogP contribution in [0.2, 0.25) is 0 Å². The summed E-state index contributed by atoms with van der Waals surface area (Å²) in [6.45, 7) is 0.871. The number of hydrogen-bond donors (Lipinski definition) is 9. The Kier molecular flexibility index (Phi) is 22.9. The molecule has 33 nitrogen and oxygen atoms in total. The van der Waals surface area contributed by atoms with E-state index in [9.17, 15) is 99.6 Å². The van der Waals surface area contributed by atoms with Crippen LogP contribution in [-0.4, -0.2) is 137 Å². The van der Waals surface area contributed by atoms with E-state index < -0.39 is 152 Å². The predicted octanol–water partition coefficient (Wildman–Crippen LogP) is 8.77. The molecule has 4 aliphatic rings. The van der Waals surface area contributed by atoms with E-state index in [4.69, 9.17) is 41.4 Å². The monoisotopic (exact) mass is 1460 g/mol. The second-order valence-corrected chi connectivity index (χ2v) is 34.0. The van der Waals surface area contributed by atoms with Crippen LogP contribution in [-0.2, 0) is 78.5 Å². The van der Waals surface area contributed by atoms with Gasteiger partial charge in [0.05, 0.1) is 18.2 Å². The average molecular weight is 1460 g/mol. The lowest BCUT2D eigenvalue weighted by atomic mass is 10.1. The van der Waals surface area contributed by atoms with Crippen molar-refractivity contribution in [3.8, 4) is 17.2 Å². The molecule has 6 unspecified atom stereocenters. The molecule has 0 saturated carbocycles. The Morgan fingerprint density at radius 2 is 0.958 bits per heavy atom. The van der Waals surface area contributed by atoms with Gasteiger partial charge in [-0.15, -0.1) is 0 Å². The van der Waals surface area contributed by atoms with Gasteiger partial charge in [0, 0.05) is 101 Å². The normalized spacial score (nSPS) is 31.2. The van der Waals surface area contributed by atoms with Crippen LogP contribution >= 0.6 is 45.6 Å². The first-order chi connectivity index (χ1) is 44.4. The maximum absolute atomic E-state index is 14.8. The minimum Gasteiger partial charge on any atom is -0.437 e. The van der Waals surface area contributed by atoms with Crippen molar-refractivity contribution in [2.45, 2.75) is 72.6 Å². The van der Waals surface area contributed by atoms with E-state index in [0.29, 0.717) is 25.2 Å². The molecule has 514 valence electrons. The van der Waals surface area contributed by atoms with Crippen molar-refractivity contribution < 1.29 is 146 Å². The first-order valence-corrected chi connectivity index (χ1v) is 36.8. The number of halogens is 3. The fraction of sp³-hybridized carbons (Fsp3) is 0.321. The van der Waals surface area contributed by atoms with Crippen LogP contribution in [0, 0.1) is 17.5 Å². The number of amides is 2. The quantitative estimate of drug-likeness (QED) is 0.0314. The van der Waals surface area contributed by atoms with E-state index in [0.717, 1.165) is 49.5 Å². The Morgan fingerprint density at radius 1 is 0.537 bits per heavy atom. The summed E-state index contributed by atoms with van der Waals surface area (Å²) >= 11 is 0. The van der Waals surface area contributed by atoms with Crippen LogP contribution in [0.15, 0.2) is 128 Å². The van der Waals surface area contributed by atoms with Gasteiger partial charge in [0.15, 0.2) is 11.6 Å². The van der Waals surface area contributed by atoms with Gasteiger partial charge in [0.1, 0.15) is 23.1 Å². The van der Waals surface area contributed by atoms with Crippen LogP contribution in [0.5, 0.6) is 17.2 Å². The molecule has 9 N–H and O–H groups in total. The lowest BCUT2D eigenvalue weighted by Crippen LogP contribution is -2.38. The Balaban J connectivity index is 0.000000183. The van der Waals surface area contributed by atoms with Gasteiger partial charge in [-0.2, -0.15) is 0 Å². The summed E-state index contributed by atoms with van der Waals surface area (Å²) in [6, 6.07) is 18.2. The fourth-order valence-corrected chi connectivity index (χ4v) is 19.7. The van der Waals surface area contributed by atoms with Gasteiger partial charge < -0.3 is 73.4 Å². The second-order valence-electron chi connectivity index (χ2n) is 21.0. The molecule has 3 aromatic carbocycles. The van der Waals surface area contributed by atoms with Crippen molar-refractivity contribution >= 4 is 63.9 Å². The number of nitrogens with zero attached hydrogens (tertiary/aromatic N) is 5. The fourth-order valence-electron chi connectivity index (χ4n) is 9.01. The van der Waals surface area contributed by atoms with Crippen molar-refractivity contribution in [3.05, 3.63) is 179 Å². The summed E-state index contributed by atoms with van der Waals surface area (Å²) in [6.07, 6.45) is -1.06. The highest BCUT2D eigenvalue weighted by Gasteiger charge is 2.70. The number of rotatable bonds is 12. The summed E-state index contributed by atoms with van der Waals surface area (Å²) in [5, 5.41) is 22.4. The number of likely N-dealkylation sites (tertiary alicyclic amines) is 1. The standard InChI is InChI=1S/C20H22F2N2O9P2.C17H19FN2O9P2.C16H17NO10P2/c21-15-9-14(31-19(25)24-7-2-1-3-8-24)10-16(22)17(15)18-32-34(27,28)20(26,35(29,30)33-18)11-13-5-4-6-23-12-13;1-20(2)16(21)27-14-6-5-12(8-13(14)18)15-28-30(23,24)17(22,31(25,26)29-15)9-11-4-3-7-19-10-11;1-24-15(18)25-13-7-3-2-6-12(13)14-26-28(20,21)16(19,29(22,23)27-14)9-11-5-4-8-17-10-11/h4-6,9-10,12,18,26H,1-3,7-8,11H2,(H,27,28)(H,29,30);3-8,10,15,22H,9H2,1-2H3,(H,23,24)(H,25,26);2-8,10,14,19H,9H2,1H3,(H,20,21)(H,22,23). The zero-order valence-corrected chi connectivity index (χ0v) is 54.7. The van der Waals surface area contributed by atoms with Gasteiger partial charge in [-0.05, 0) is 72.4 Å². The lowest BCUT2D eigenvalue weighted by molar-refractivity contribution is -0.0617. The molecular formula is C53H58F3N5O28P6. The summed E-state index contributed by atoms with van der Waals surface area (Å²) in [7, 11) is -27.8. The van der Waals surface area contributed by atoms with Crippen molar-refractivity contribution in [2.24, 2.45) is 0 Å². The SMILES string of the molecule is CN(C)C(=O)Oc1ccc(C2OP(=O)(O)C(O)(Cc3cccnc3)P(=O)(O)O2)cc1F.COC(=O)Oc1ccccc1C1OP(=O)(O)C(O)(Cc2cccnc2)P(=O)(O)O1.O=C(Oc1cc(F)c(C2OP(=O)(O)C(O)(Cc3cccnc3)P(=O)(O)O2)c(F)c1)N1CCCCC1. The van der Waals surface area contributed by atoms with Gasteiger partial charge in [0.25, 0.3) is 15.2 Å². The van der Waals surface area contributed by atoms with E-state index in [2.05, 4.69) is 19.7 Å². The van der Waals surface area contributed by atoms with E-state index in [1.165, 1.54) is 117 Å². The predicted molar refractivity (Wildman–Crippen MR) is 316 cm³/mol. The molecule has 6 aromatic rings. The Morgan fingerprint density at radius 3 is 1.36 bits per heavy atom. The number of piperidine rings is 1. The molecule has 95 heavy (non-hydrogen) atoms. The third kappa shape index (κ3) is 16.2. The number of hydrogen-bond acceptors (Lipinski definition) is 25. The number of ether oxygens (including phenoxy) is 4. The number of methoxy groups -OCH3 is 1. The minimum absolute atomic E-state index is 0.0986. The van der Waals surface area contributed by atoms with Gasteiger partial charge in [-0.1, -0.05) is 42.5 Å². The lowest BCUT2D eigenvalue weighted by Gasteiger charge is -2.41. The Bertz CT molecular complexity index is 4010. The van der Waals surface area contributed by atoms with Gasteiger partial charge in [0.2, 0.25) is 18.9 Å². The number of para-hydroxylation sites is 1. The van der Waals surface area contributed by atoms with Gasteiger partial charge >= 0.3 is 63.9 Å². The van der Waals surface area contributed by atoms with Crippen molar-refractivity contribution in [3.63, 3.8) is 0 Å². The largest absolute Gasteiger partial charge is 0.513 e. The summed E-state index contributed by atoms with van der Waals surface area (Å²) in [4.78, 5) is 111. The van der Waals surface area contributed by atoms with Gasteiger partial charge in [-0.3, -0.25) is 69.5 Å². The molecule has 42 heteroatoms. The zero-order valence-electron chi connectivity index (χ0n) is 49.3. The molecule has 7 heterocycles. The molecule has 0 aliphatic carbocycles. The number of benzene rings is 3. The number of carbonyl (C=O) groups is 3.